The van der Waals surface area contributed by atoms with Gasteiger partial charge in [-0.25, -0.2) is 4.90 Å². The second kappa shape index (κ2) is 8.32. The van der Waals surface area contributed by atoms with Gasteiger partial charge in [-0.2, -0.15) is 11.8 Å². The number of carbonyl (C=O) groups is 3. The van der Waals surface area contributed by atoms with Crippen LogP contribution < -0.4 is 15.1 Å². The predicted octanol–water partition coefficient (Wildman–Crippen LogP) is 3.15. The van der Waals surface area contributed by atoms with Gasteiger partial charge in [-0.05, 0) is 36.6 Å². The minimum atomic E-state index is -1.22. The number of imide groups is 1. The van der Waals surface area contributed by atoms with Crippen molar-refractivity contribution in [2.75, 3.05) is 33.7 Å². The molecule has 0 bridgehead atoms. The molecule has 3 aliphatic rings. The summed E-state index contributed by atoms with van der Waals surface area (Å²) in [6.07, 6.45) is 2.73. The molecule has 4 unspecified atom stereocenters. The normalized spacial score (nSPS) is 28.7. The van der Waals surface area contributed by atoms with Crippen LogP contribution in [0.1, 0.15) is 12.0 Å². The van der Waals surface area contributed by atoms with Gasteiger partial charge in [-0.1, -0.05) is 52.3 Å². The van der Waals surface area contributed by atoms with E-state index in [1.165, 1.54) is 4.90 Å². The summed E-state index contributed by atoms with van der Waals surface area (Å²) in [6.45, 7) is 0.497. The summed E-state index contributed by atoms with van der Waals surface area (Å²) in [5.41, 5.74) is 0.950. The summed E-state index contributed by atoms with van der Waals surface area (Å²) in [6, 6.07) is 16.4. The van der Waals surface area contributed by atoms with Gasteiger partial charge >= 0.3 is 0 Å². The number of fused-ring (bicyclic) bond motifs is 4. The number of thioether (sulfide) groups is 1. The van der Waals surface area contributed by atoms with Crippen LogP contribution in [-0.2, 0) is 19.9 Å². The van der Waals surface area contributed by atoms with Gasteiger partial charge in [-0.3, -0.25) is 19.7 Å². The van der Waals surface area contributed by atoms with Crippen molar-refractivity contribution in [2.24, 2.45) is 11.8 Å². The molecule has 1 N–H and O–H groups in total. The van der Waals surface area contributed by atoms with Crippen LogP contribution in [0.2, 0.25) is 0 Å². The summed E-state index contributed by atoms with van der Waals surface area (Å²) < 4.78 is 0. The van der Waals surface area contributed by atoms with E-state index in [2.05, 4.69) is 21.2 Å². The lowest BCUT2D eigenvalue weighted by molar-refractivity contribution is -0.132. The highest BCUT2D eigenvalue weighted by atomic mass is 79.9. The van der Waals surface area contributed by atoms with Crippen molar-refractivity contribution >= 4 is 56.8 Å². The first-order valence-corrected chi connectivity index (χ1v) is 13.2. The van der Waals surface area contributed by atoms with Crippen molar-refractivity contribution < 1.29 is 14.4 Å². The number of alkyl halides is 1. The van der Waals surface area contributed by atoms with E-state index >= 15 is 0 Å². The molecule has 8 heteroatoms. The van der Waals surface area contributed by atoms with E-state index in [0.717, 1.165) is 17.0 Å². The molecular formula is C24H24BrN3O3S. The maximum Gasteiger partial charge on any atom is 0.252 e. The Kier molecular flexibility index (Phi) is 5.63. The van der Waals surface area contributed by atoms with E-state index in [1.807, 2.05) is 48.7 Å². The molecule has 6 nitrogen and oxygen atoms in total. The fourth-order valence-electron chi connectivity index (χ4n) is 5.58. The lowest BCUT2D eigenvalue weighted by Gasteiger charge is -2.30. The fourth-order valence-corrected chi connectivity index (χ4v) is 6.42. The largest absolute Gasteiger partial charge is 0.309 e. The van der Waals surface area contributed by atoms with Crippen LogP contribution in [0.4, 0.5) is 11.4 Å². The van der Waals surface area contributed by atoms with Crippen LogP contribution in [0.15, 0.2) is 54.6 Å². The van der Waals surface area contributed by atoms with Gasteiger partial charge in [0.05, 0.1) is 17.5 Å². The Bertz CT molecular complexity index is 1080. The molecule has 2 fully saturated rings. The maximum absolute atomic E-state index is 14.0. The van der Waals surface area contributed by atoms with Crippen LogP contribution in [0.25, 0.3) is 0 Å². The molecule has 3 aliphatic heterocycles. The summed E-state index contributed by atoms with van der Waals surface area (Å²) >= 11 is 5.15. The zero-order valence-electron chi connectivity index (χ0n) is 17.7. The molecule has 0 saturated carbocycles. The van der Waals surface area contributed by atoms with E-state index in [-0.39, 0.29) is 23.8 Å². The Morgan fingerprint density at radius 1 is 1.03 bits per heavy atom. The van der Waals surface area contributed by atoms with Gasteiger partial charge in [0.15, 0.2) is 0 Å². The van der Waals surface area contributed by atoms with Crippen molar-refractivity contribution in [3.05, 3.63) is 60.2 Å². The fraction of sp³-hybridized carbons (Fsp3) is 0.375. The molecule has 32 heavy (non-hydrogen) atoms. The van der Waals surface area contributed by atoms with E-state index in [9.17, 15) is 14.4 Å². The van der Waals surface area contributed by atoms with E-state index in [1.54, 1.807) is 28.8 Å². The lowest BCUT2D eigenvalue weighted by Crippen LogP contribution is -2.55. The Morgan fingerprint density at radius 3 is 2.47 bits per heavy atom. The minimum Gasteiger partial charge on any atom is -0.309 e. The molecule has 2 saturated heterocycles. The summed E-state index contributed by atoms with van der Waals surface area (Å²) in [5, 5.41) is 4.16. The first-order chi connectivity index (χ1) is 15.6. The molecule has 2 aromatic carbocycles. The number of para-hydroxylation sites is 2. The quantitative estimate of drug-likeness (QED) is 0.474. The van der Waals surface area contributed by atoms with E-state index in [0.29, 0.717) is 24.0 Å². The van der Waals surface area contributed by atoms with Gasteiger partial charge in [0.1, 0.15) is 5.54 Å². The number of carbonyl (C=O) groups excluding carboxylic acids is 3. The zero-order chi connectivity index (χ0) is 22.5. The zero-order valence-corrected chi connectivity index (χ0v) is 20.1. The Labute approximate surface area is 199 Å². The van der Waals surface area contributed by atoms with Crippen molar-refractivity contribution in [3.8, 4) is 0 Å². The van der Waals surface area contributed by atoms with Gasteiger partial charge in [0.25, 0.3) is 5.91 Å². The van der Waals surface area contributed by atoms with Crippen LogP contribution in [0.5, 0.6) is 0 Å². The highest BCUT2D eigenvalue weighted by Crippen LogP contribution is 2.55. The van der Waals surface area contributed by atoms with Gasteiger partial charge in [0, 0.05) is 29.2 Å². The third kappa shape index (κ3) is 2.92. The summed E-state index contributed by atoms with van der Waals surface area (Å²) in [5.74, 6) is -1.16. The van der Waals surface area contributed by atoms with Crippen molar-refractivity contribution in [1.82, 2.24) is 5.32 Å². The SMILES string of the molecule is CSCCC1NC2(C(=O)N(CCBr)c3ccccc32)C2C(=O)N(c3ccccc3)C(=O)C12. The average molecular weight is 514 g/mol. The van der Waals surface area contributed by atoms with Crippen molar-refractivity contribution in [2.45, 2.75) is 18.0 Å². The Balaban J connectivity index is 1.67. The van der Waals surface area contributed by atoms with Gasteiger partial charge < -0.3 is 4.90 Å². The molecule has 0 aliphatic carbocycles. The molecule has 2 aromatic rings. The lowest BCUT2D eigenvalue weighted by atomic mass is 9.76. The molecule has 3 amide bonds. The van der Waals surface area contributed by atoms with E-state index in [4.69, 9.17) is 0 Å². The van der Waals surface area contributed by atoms with Gasteiger partial charge in [0.2, 0.25) is 11.8 Å². The van der Waals surface area contributed by atoms with Crippen molar-refractivity contribution in [3.63, 3.8) is 0 Å². The number of amides is 3. The smallest absolute Gasteiger partial charge is 0.252 e. The van der Waals surface area contributed by atoms with Gasteiger partial charge in [-0.15, -0.1) is 0 Å². The second-order valence-electron chi connectivity index (χ2n) is 8.35. The predicted molar refractivity (Wildman–Crippen MR) is 130 cm³/mol. The molecular weight excluding hydrogens is 490 g/mol. The van der Waals surface area contributed by atoms with Crippen LogP contribution in [0.3, 0.4) is 0 Å². The van der Waals surface area contributed by atoms with Crippen LogP contribution in [0, 0.1) is 11.8 Å². The first kappa shape index (κ1) is 21.7. The monoisotopic (exact) mass is 513 g/mol. The van der Waals surface area contributed by atoms with Crippen LogP contribution in [-0.4, -0.2) is 47.6 Å². The number of rotatable bonds is 6. The number of hydrogen-bond donors (Lipinski definition) is 1. The first-order valence-electron chi connectivity index (χ1n) is 10.7. The average Bonchev–Trinajstić information content (AvgIpc) is 3.38. The summed E-state index contributed by atoms with van der Waals surface area (Å²) in [4.78, 5) is 44.6. The third-order valence-electron chi connectivity index (χ3n) is 6.82. The minimum absolute atomic E-state index is 0.143. The Hall–Kier alpha value is -2.16. The topological polar surface area (TPSA) is 69.7 Å². The van der Waals surface area contributed by atoms with Crippen LogP contribution >= 0.6 is 27.7 Å². The number of benzene rings is 2. The molecule has 0 radical (unpaired) electrons. The standard InChI is InChI=1S/C24H24BrN3O3S/c1-32-14-11-17-19-20(22(30)28(21(19)29)15-7-3-2-4-8-15)24(26-17)16-9-5-6-10-18(16)27(13-12-25)23(24)31/h2-10,17,19-20,26H,11-14H2,1H3. The van der Waals surface area contributed by atoms with Crippen molar-refractivity contribution in [1.29, 1.82) is 0 Å². The highest BCUT2D eigenvalue weighted by Gasteiger charge is 2.71. The molecule has 4 atom stereocenters. The maximum atomic E-state index is 14.0. The number of nitrogens with zero attached hydrogens (tertiary/aromatic N) is 2. The summed E-state index contributed by atoms with van der Waals surface area (Å²) in [7, 11) is 0. The number of nitrogens with one attached hydrogen (secondary N) is 1. The van der Waals surface area contributed by atoms with E-state index < -0.39 is 17.4 Å². The highest BCUT2D eigenvalue weighted by molar-refractivity contribution is 9.09. The number of anilines is 2. The molecule has 0 aromatic heterocycles. The molecule has 3 heterocycles. The Morgan fingerprint density at radius 2 is 1.75 bits per heavy atom. The number of halogens is 1. The molecule has 5 rings (SSSR count). The molecule has 1 spiro atoms. The number of hydrogen-bond acceptors (Lipinski definition) is 5. The second-order valence-corrected chi connectivity index (χ2v) is 10.1. The third-order valence-corrected chi connectivity index (χ3v) is 7.82. The molecule has 166 valence electrons.